The Morgan fingerprint density at radius 3 is 1.43 bits per heavy atom. The second-order valence-electron chi connectivity index (χ2n) is 23.0. The number of cyclic esters (lactones) is 1. The Labute approximate surface area is 545 Å². The fourth-order valence-corrected chi connectivity index (χ4v) is 12.9. The first kappa shape index (κ1) is 65.0. The number of carbonyl (C=O) groups excluding carboxylic acids is 6. The fourth-order valence-electron chi connectivity index (χ4n) is 12.9. The number of aliphatic hydroxyl groups is 4. The van der Waals surface area contributed by atoms with E-state index >= 15 is 24.0 Å². The average molecular weight is 1380 g/mol. The van der Waals surface area contributed by atoms with Gasteiger partial charge in [0, 0.05) is 50.6 Å². The van der Waals surface area contributed by atoms with Gasteiger partial charge in [-0.2, -0.15) is 0 Å². The number of phenolic OH excluding ortho intramolecular Hbond substituents is 19. The van der Waals surface area contributed by atoms with Gasteiger partial charge in [0.1, 0.15) is 53.8 Å². The third-order valence-corrected chi connectivity index (χ3v) is 17.6. The number of aliphatic hydroxyl groups excluding tert-OH is 4. The largest absolute Gasteiger partial charge is 0.507 e. The van der Waals surface area contributed by atoms with Gasteiger partial charge in [-0.3, -0.25) is 4.79 Å². The standard InChI is InChI=1S/C62H46O37/c63-8-21-38(73)48(83)51(86)62(95-21)99-55-47(82)27-20(93-52(55)10-1-2-14(64)15(65)3-10)7-16(66)26(39(27)74)32-31-34-30(45(80)50(85)46(31)81)29-33-28(43(78)49(84)44(29)79)25-13(6-19(69)37(72)42(25)77)58(88)94-22-9-92-57(87)11-4-17(67)35(70)40(75)23(11)24-12(5-18(68)36(71)41(24)76)59(89)96-53(22)56(98-61(33)91)54(32)97-60(34)90/h1-7,21-22,32,38,48,51-56,62-81,83-86H,8-9H2/t21-,22+,32+,38-,48+,51-,52-,53-,54+,55+,56?,62+/m1/s1. The number of carbonyl (C=O) groups is 6. The van der Waals surface area contributed by atoms with Crippen LogP contribution in [0.25, 0.3) is 33.4 Å². The second kappa shape index (κ2) is 22.7. The highest BCUT2D eigenvalue weighted by molar-refractivity contribution is 6.17. The molecule has 516 valence electrons. The summed E-state index contributed by atoms with van der Waals surface area (Å²) in [5, 5.41) is 262. The van der Waals surface area contributed by atoms with Crippen LogP contribution in [0, 0.1) is 0 Å². The summed E-state index contributed by atoms with van der Waals surface area (Å²) in [7, 11) is 0. The van der Waals surface area contributed by atoms with Crippen molar-refractivity contribution in [2.75, 3.05) is 13.2 Å². The number of rotatable bonds is 5. The van der Waals surface area contributed by atoms with Crippen molar-refractivity contribution in [3.8, 4) is 148 Å². The smallest absolute Gasteiger partial charge is 0.340 e. The highest BCUT2D eigenvalue weighted by Gasteiger charge is 2.59. The lowest BCUT2D eigenvalue weighted by atomic mass is 9.73. The lowest BCUT2D eigenvalue weighted by molar-refractivity contribution is -0.311. The number of hydrogen-bond donors (Lipinski definition) is 23. The molecule has 7 aliphatic heterocycles. The number of phenols is 19. The number of aromatic hydroxyl groups is 19. The molecule has 1 fully saturated rings. The van der Waals surface area contributed by atoms with E-state index < -0.39 is 315 Å². The molecule has 37 nitrogen and oxygen atoms in total. The molecule has 0 spiro atoms. The zero-order valence-electron chi connectivity index (χ0n) is 48.9. The van der Waals surface area contributed by atoms with E-state index in [-0.39, 0.29) is 17.7 Å². The van der Waals surface area contributed by atoms with Crippen LogP contribution in [0.15, 0.2) is 42.5 Å². The van der Waals surface area contributed by atoms with E-state index in [1.54, 1.807) is 0 Å². The molecule has 14 rings (SSSR count). The van der Waals surface area contributed by atoms with Crippen LogP contribution in [0.4, 0.5) is 0 Å². The number of ether oxygens (including phenoxy) is 8. The van der Waals surface area contributed by atoms with Gasteiger partial charge in [0.2, 0.25) is 34.5 Å². The fraction of sp³-hybridized carbons (Fsp3) is 0.226. The topological polar surface area (TPSA) is 642 Å². The molecule has 0 amide bonds. The van der Waals surface area contributed by atoms with Gasteiger partial charge in [0.05, 0.1) is 40.3 Å². The minimum atomic E-state index is -3.20. The Hall–Kier alpha value is -12.7. The summed E-state index contributed by atoms with van der Waals surface area (Å²) in [6.45, 7) is -2.82. The molecule has 7 aliphatic rings. The quantitative estimate of drug-likeness (QED) is 0.0642. The molecule has 0 aliphatic carbocycles. The summed E-state index contributed by atoms with van der Waals surface area (Å²) in [6, 6.07) is 4.02. The molecule has 12 atom stereocenters. The van der Waals surface area contributed by atoms with Gasteiger partial charge < -0.3 is 155 Å². The van der Waals surface area contributed by atoms with Crippen LogP contribution in [0.3, 0.4) is 0 Å². The number of Topliss-reactive ketones (excluding diaryl/α,β-unsaturated/α-hetero) is 1. The summed E-state index contributed by atoms with van der Waals surface area (Å²) < 4.78 is 47.0. The lowest BCUT2D eigenvalue weighted by Gasteiger charge is -2.43. The summed E-state index contributed by atoms with van der Waals surface area (Å²) in [6.07, 6.45) is -27.3. The van der Waals surface area contributed by atoms with E-state index in [9.17, 15) is 122 Å². The molecule has 0 aromatic heterocycles. The molecule has 99 heavy (non-hydrogen) atoms. The minimum Gasteiger partial charge on any atom is -0.507 e. The van der Waals surface area contributed by atoms with Crippen LogP contribution in [0.2, 0.25) is 0 Å². The predicted octanol–water partition coefficient (Wildman–Crippen LogP) is 0.740. The van der Waals surface area contributed by atoms with Crippen molar-refractivity contribution in [3.63, 3.8) is 0 Å². The van der Waals surface area contributed by atoms with Gasteiger partial charge in [-0.1, -0.05) is 6.07 Å². The van der Waals surface area contributed by atoms with Gasteiger partial charge in [0.25, 0.3) is 0 Å². The van der Waals surface area contributed by atoms with Crippen molar-refractivity contribution in [1.82, 2.24) is 0 Å². The third kappa shape index (κ3) is 9.38. The van der Waals surface area contributed by atoms with Crippen LogP contribution in [0.5, 0.6) is 115 Å². The van der Waals surface area contributed by atoms with E-state index in [0.29, 0.717) is 12.1 Å². The van der Waals surface area contributed by atoms with Gasteiger partial charge in [0.15, 0.2) is 112 Å². The Morgan fingerprint density at radius 1 is 0.384 bits per heavy atom. The van der Waals surface area contributed by atoms with Crippen LogP contribution in [-0.2, 0) is 33.2 Å². The van der Waals surface area contributed by atoms with Crippen molar-refractivity contribution in [2.45, 2.75) is 73.2 Å². The summed E-state index contributed by atoms with van der Waals surface area (Å²) in [5.74, 6) is -45.5. The van der Waals surface area contributed by atoms with Gasteiger partial charge in [-0.25, -0.2) is 24.0 Å². The number of fused-ring (bicyclic) bond motifs is 8. The van der Waals surface area contributed by atoms with Crippen molar-refractivity contribution in [1.29, 1.82) is 0 Å². The molecule has 37 heteroatoms. The van der Waals surface area contributed by atoms with Crippen LogP contribution in [-0.4, -0.2) is 228 Å². The summed E-state index contributed by atoms with van der Waals surface area (Å²) in [5.41, 5.74) is -20.0. The van der Waals surface area contributed by atoms with Crippen LogP contribution in [0.1, 0.15) is 90.9 Å². The summed E-state index contributed by atoms with van der Waals surface area (Å²) >= 11 is 0. The van der Waals surface area contributed by atoms with Gasteiger partial charge >= 0.3 is 29.8 Å². The van der Waals surface area contributed by atoms with Crippen molar-refractivity contribution >= 4 is 35.6 Å². The zero-order valence-corrected chi connectivity index (χ0v) is 48.9. The normalized spacial score (nSPS) is 24.5. The Balaban J connectivity index is 1.14. The predicted molar refractivity (Wildman–Crippen MR) is 309 cm³/mol. The molecule has 1 saturated heterocycles. The monoisotopic (exact) mass is 1380 g/mol. The lowest BCUT2D eigenvalue weighted by Crippen LogP contribution is -2.60. The molecule has 6 bridgehead atoms. The highest BCUT2D eigenvalue weighted by atomic mass is 16.7. The van der Waals surface area contributed by atoms with Gasteiger partial charge in [-0.15, -0.1) is 0 Å². The van der Waals surface area contributed by atoms with Crippen molar-refractivity contribution in [2.24, 2.45) is 0 Å². The average Bonchev–Trinajstić information content (AvgIpc) is 1.27. The summed E-state index contributed by atoms with van der Waals surface area (Å²) in [4.78, 5) is 92.3. The van der Waals surface area contributed by atoms with Crippen molar-refractivity contribution < 1.29 is 184 Å². The number of benzene rings is 7. The molecule has 23 N–H and O–H groups in total. The molecule has 7 aromatic rings. The zero-order chi connectivity index (χ0) is 71.6. The maximum atomic E-state index is 16.0. The van der Waals surface area contributed by atoms with Crippen LogP contribution < -0.4 is 4.74 Å². The maximum absolute atomic E-state index is 16.0. The second-order valence-corrected chi connectivity index (χ2v) is 23.0. The van der Waals surface area contributed by atoms with E-state index in [1.165, 1.54) is 0 Å². The molecule has 7 heterocycles. The number of ketones is 1. The van der Waals surface area contributed by atoms with Crippen LogP contribution >= 0.6 is 0 Å². The van der Waals surface area contributed by atoms with E-state index in [4.69, 9.17) is 37.9 Å². The minimum absolute atomic E-state index is 0.235. The maximum Gasteiger partial charge on any atom is 0.340 e. The SMILES string of the molecule is O=C1OC[C@@H]2OC(=O)c3cc(O)c(O)c(O)c3-c3c(O)c(O)c(O)c4c3C(=O)OC([C@H]3OC(=O)c5c-4c(O)c(O)c(O)c5[C@@H]3c3c(O)cc4c(c3O)C(=O)[C@H](O[C@@H]3O[C@H](CO)[C@@H](O)[C@H](O)[C@H]3O)[C@@H](c3ccc(O)c(O)c3)O4)[C@@H]2OC(=O)c2cc(O)c(O)c(O)c2-c2c1cc(O)c(O)c2O. The molecule has 0 radical (unpaired) electrons. The van der Waals surface area contributed by atoms with Gasteiger partial charge in [-0.05, 0) is 35.9 Å². The molecule has 7 aromatic carbocycles. The molecular weight excluding hydrogens is 1340 g/mol. The first-order valence-corrected chi connectivity index (χ1v) is 28.5. The molecule has 1 unspecified atom stereocenters. The number of hydrogen-bond acceptors (Lipinski definition) is 37. The van der Waals surface area contributed by atoms with E-state index in [1.807, 2.05) is 0 Å². The number of esters is 5. The first-order chi connectivity index (χ1) is 46.7. The molecular formula is C62H46O37. The van der Waals surface area contributed by atoms with E-state index in [0.717, 1.165) is 18.2 Å². The Bertz CT molecular complexity index is 4800. The Morgan fingerprint density at radius 2 is 0.869 bits per heavy atom. The highest BCUT2D eigenvalue weighted by Crippen LogP contribution is 2.64. The first-order valence-electron chi connectivity index (χ1n) is 28.5. The van der Waals surface area contributed by atoms with E-state index in [2.05, 4.69) is 0 Å². The molecule has 0 saturated carbocycles. The van der Waals surface area contributed by atoms with Crippen molar-refractivity contribution in [3.05, 3.63) is 92.5 Å². The third-order valence-electron chi connectivity index (χ3n) is 17.6. The Kier molecular flexibility index (Phi) is 14.9.